The summed E-state index contributed by atoms with van der Waals surface area (Å²) in [6.07, 6.45) is 0.177. The Balaban J connectivity index is 2.93. The lowest BCUT2D eigenvalue weighted by Crippen LogP contribution is -2.30. The molecule has 0 amide bonds. The second kappa shape index (κ2) is 6.55. The Kier molecular flexibility index (Phi) is 5.35. The number of hydrogen-bond donors (Lipinski definition) is 0. The smallest absolute Gasteiger partial charge is 0.339 e. The number of esters is 1. The van der Waals surface area contributed by atoms with Gasteiger partial charge < -0.3 is 9.47 Å². The van der Waals surface area contributed by atoms with Crippen LogP contribution in [0.4, 0.5) is 0 Å². The summed E-state index contributed by atoms with van der Waals surface area (Å²) >= 11 is 0. The van der Waals surface area contributed by atoms with Gasteiger partial charge in [0.25, 0.3) is 0 Å². The van der Waals surface area contributed by atoms with Gasteiger partial charge in [0.15, 0.2) is 6.10 Å². The van der Waals surface area contributed by atoms with Crippen LogP contribution in [0.1, 0.15) is 45.8 Å². The molecular weight excluding hydrogens is 228 g/mol. The molecule has 0 fully saturated rings. The molecule has 0 aliphatic rings. The van der Waals surface area contributed by atoms with Crippen LogP contribution in [0.3, 0.4) is 0 Å². The molecule has 1 aromatic rings. The fourth-order valence-electron chi connectivity index (χ4n) is 1.50. The monoisotopic (exact) mass is 250 g/mol. The molecule has 0 spiro atoms. The van der Waals surface area contributed by atoms with Crippen LogP contribution in [-0.4, -0.2) is 18.2 Å². The van der Waals surface area contributed by atoms with Crippen molar-refractivity contribution in [3.05, 3.63) is 35.9 Å². The van der Waals surface area contributed by atoms with E-state index in [-0.39, 0.29) is 11.6 Å². The number of ether oxygens (including phenoxy) is 2. The van der Waals surface area contributed by atoms with Crippen molar-refractivity contribution < 1.29 is 14.3 Å². The van der Waals surface area contributed by atoms with Crippen LogP contribution < -0.4 is 0 Å². The Morgan fingerprint density at radius 2 is 1.83 bits per heavy atom. The molecule has 0 bridgehead atoms. The van der Waals surface area contributed by atoms with E-state index in [2.05, 4.69) is 0 Å². The Hall–Kier alpha value is -1.35. The molecule has 1 aromatic carbocycles. The molecule has 1 rings (SSSR count). The molecule has 0 saturated heterocycles. The molecule has 0 heterocycles. The van der Waals surface area contributed by atoms with Gasteiger partial charge in [0.2, 0.25) is 0 Å². The highest BCUT2D eigenvalue weighted by Crippen LogP contribution is 2.27. The van der Waals surface area contributed by atoms with Crippen molar-refractivity contribution in [3.8, 4) is 0 Å². The van der Waals surface area contributed by atoms with E-state index in [1.807, 2.05) is 51.1 Å². The summed E-state index contributed by atoms with van der Waals surface area (Å²) < 4.78 is 11.0. The van der Waals surface area contributed by atoms with Gasteiger partial charge in [-0.3, -0.25) is 0 Å². The SMILES string of the molecule is CCOC(=O)C(OC(C)(C)CC)c1ccccc1. The average molecular weight is 250 g/mol. The van der Waals surface area contributed by atoms with E-state index in [0.29, 0.717) is 6.61 Å². The van der Waals surface area contributed by atoms with E-state index in [4.69, 9.17) is 9.47 Å². The minimum Gasteiger partial charge on any atom is -0.464 e. The molecule has 1 atom stereocenters. The minimum absolute atomic E-state index is 0.328. The molecule has 18 heavy (non-hydrogen) atoms. The predicted octanol–water partition coefficient (Wildman–Crippen LogP) is 3.50. The van der Waals surface area contributed by atoms with Gasteiger partial charge in [-0.15, -0.1) is 0 Å². The van der Waals surface area contributed by atoms with Crippen LogP contribution in [0.25, 0.3) is 0 Å². The normalized spacial score (nSPS) is 13.1. The van der Waals surface area contributed by atoms with E-state index in [1.165, 1.54) is 0 Å². The summed E-state index contributed by atoms with van der Waals surface area (Å²) in [6, 6.07) is 9.46. The Morgan fingerprint density at radius 1 is 1.22 bits per heavy atom. The first-order chi connectivity index (χ1) is 8.50. The van der Waals surface area contributed by atoms with Gasteiger partial charge in [0, 0.05) is 0 Å². The summed E-state index contributed by atoms with van der Waals surface area (Å²) in [5, 5.41) is 0. The zero-order valence-electron chi connectivity index (χ0n) is 11.6. The molecule has 0 N–H and O–H groups in total. The lowest BCUT2D eigenvalue weighted by molar-refractivity contribution is -0.168. The standard InChI is InChI=1S/C15H22O3/c1-5-15(3,4)18-13(14(16)17-6-2)12-10-8-7-9-11-12/h7-11,13H,5-6H2,1-4H3. The van der Waals surface area contributed by atoms with Gasteiger partial charge in [0.1, 0.15) is 0 Å². The van der Waals surface area contributed by atoms with Crippen LogP contribution in [0.2, 0.25) is 0 Å². The minimum atomic E-state index is -0.652. The third-order valence-corrected chi connectivity index (χ3v) is 2.89. The highest BCUT2D eigenvalue weighted by Gasteiger charge is 2.29. The van der Waals surface area contributed by atoms with Crippen LogP contribution in [-0.2, 0) is 14.3 Å². The fourth-order valence-corrected chi connectivity index (χ4v) is 1.50. The van der Waals surface area contributed by atoms with Crippen molar-refractivity contribution in [2.75, 3.05) is 6.61 Å². The van der Waals surface area contributed by atoms with Crippen LogP contribution >= 0.6 is 0 Å². The molecule has 0 radical (unpaired) electrons. The Labute approximate surface area is 109 Å². The van der Waals surface area contributed by atoms with E-state index >= 15 is 0 Å². The number of rotatable bonds is 6. The first kappa shape index (κ1) is 14.7. The molecule has 3 heteroatoms. The predicted molar refractivity (Wildman–Crippen MR) is 71.3 cm³/mol. The van der Waals surface area contributed by atoms with Crippen molar-refractivity contribution >= 4 is 5.97 Å². The first-order valence-corrected chi connectivity index (χ1v) is 6.39. The summed E-state index contributed by atoms with van der Waals surface area (Å²) in [7, 11) is 0. The summed E-state index contributed by atoms with van der Waals surface area (Å²) in [5.41, 5.74) is 0.477. The summed E-state index contributed by atoms with van der Waals surface area (Å²) in [6.45, 7) is 8.14. The van der Waals surface area contributed by atoms with E-state index in [0.717, 1.165) is 12.0 Å². The first-order valence-electron chi connectivity index (χ1n) is 6.39. The van der Waals surface area contributed by atoms with E-state index in [1.54, 1.807) is 6.92 Å². The van der Waals surface area contributed by atoms with Crippen LogP contribution in [0, 0.1) is 0 Å². The molecule has 0 aromatic heterocycles. The topological polar surface area (TPSA) is 35.5 Å². The van der Waals surface area contributed by atoms with Gasteiger partial charge >= 0.3 is 5.97 Å². The average Bonchev–Trinajstić information content (AvgIpc) is 2.37. The Bertz CT molecular complexity index is 371. The van der Waals surface area contributed by atoms with Crippen molar-refractivity contribution in [2.24, 2.45) is 0 Å². The van der Waals surface area contributed by atoms with E-state index in [9.17, 15) is 4.79 Å². The highest BCUT2D eigenvalue weighted by atomic mass is 16.6. The molecule has 3 nitrogen and oxygen atoms in total. The third kappa shape index (κ3) is 4.15. The van der Waals surface area contributed by atoms with Crippen LogP contribution in [0.15, 0.2) is 30.3 Å². The number of carbonyl (C=O) groups is 1. The lowest BCUT2D eigenvalue weighted by atomic mass is 10.0. The summed E-state index contributed by atoms with van der Waals surface area (Å²) in [4.78, 5) is 12.0. The van der Waals surface area contributed by atoms with E-state index < -0.39 is 6.10 Å². The van der Waals surface area contributed by atoms with Crippen molar-refractivity contribution in [3.63, 3.8) is 0 Å². The van der Waals surface area contributed by atoms with Gasteiger partial charge in [-0.1, -0.05) is 37.3 Å². The Morgan fingerprint density at radius 3 is 2.33 bits per heavy atom. The van der Waals surface area contributed by atoms with Crippen molar-refractivity contribution in [2.45, 2.75) is 45.8 Å². The molecule has 1 unspecified atom stereocenters. The van der Waals surface area contributed by atoms with Gasteiger partial charge in [-0.2, -0.15) is 0 Å². The fraction of sp³-hybridized carbons (Fsp3) is 0.533. The highest BCUT2D eigenvalue weighted by molar-refractivity contribution is 5.76. The molecule has 0 aliphatic heterocycles. The zero-order chi connectivity index (χ0) is 13.6. The second-order valence-corrected chi connectivity index (χ2v) is 4.77. The lowest BCUT2D eigenvalue weighted by Gasteiger charge is -2.29. The molecule has 100 valence electrons. The van der Waals surface area contributed by atoms with Crippen molar-refractivity contribution in [1.29, 1.82) is 0 Å². The van der Waals surface area contributed by atoms with Crippen molar-refractivity contribution in [1.82, 2.24) is 0 Å². The number of benzene rings is 1. The molecule has 0 saturated carbocycles. The van der Waals surface area contributed by atoms with Gasteiger partial charge in [-0.25, -0.2) is 4.79 Å². The largest absolute Gasteiger partial charge is 0.464 e. The second-order valence-electron chi connectivity index (χ2n) is 4.77. The quantitative estimate of drug-likeness (QED) is 0.725. The molecule has 0 aliphatic carbocycles. The zero-order valence-corrected chi connectivity index (χ0v) is 11.6. The van der Waals surface area contributed by atoms with Crippen LogP contribution in [0.5, 0.6) is 0 Å². The number of carbonyl (C=O) groups excluding carboxylic acids is 1. The van der Waals surface area contributed by atoms with Gasteiger partial charge in [-0.05, 0) is 32.8 Å². The maximum Gasteiger partial charge on any atom is 0.339 e. The third-order valence-electron chi connectivity index (χ3n) is 2.89. The number of hydrogen-bond acceptors (Lipinski definition) is 3. The van der Waals surface area contributed by atoms with Gasteiger partial charge in [0.05, 0.1) is 12.2 Å². The summed E-state index contributed by atoms with van der Waals surface area (Å²) in [5.74, 6) is -0.328. The maximum absolute atomic E-state index is 12.0. The maximum atomic E-state index is 12.0. The molecular formula is C15H22O3.